The molecule has 0 aromatic carbocycles. The number of hydrogen-bond acceptors (Lipinski definition) is 2. The van der Waals surface area contributed by atoms with Gasteiger partial charge in [-0.1, -0.05) is 20.3 Å². The van der Waals surface area contributed by atoms with Crippen LogP contribution >= 0.6 is 0 Å². The van der Waals surface area contributed by atoms with Crippen molar-refractivity contribution in [1.29, 1.82) is 0 Å². The van der Waals surface area contributed by atoms with E-state index in [2.05, 4.69) is 45.3 Å². The van der Waals surface area contributed by atoms with Crippen LogP contribution in [-0.4, -0.2) is 18.2 Å². The lowest BCUT2D eigenvalue weighted by molar-refractivity contribution is 0.303. The Bertz CT molecular complexity index is 116. The predicted molar refractivity (Wildman–Crippen MR) is 59.9 cm³/mol. The van der Waals surface area contributed by atoms with Gasteiger partial charge in [-0.05, 0) is 40.2 Å². The fourth-order valence-corrected chi connectivity index (χ4v) is 1.36. The highest BCUT2D eigenvalue weighted by Gasteiger charge is 2.15. The maximum atomic E-state index is 3.58. The van der Waals surface area contributed by atoms with E-state index in [1.165, 1.54) is 19.3 Å². The topological polar surface area (TPSA) is 24.1 Å². The third-order valence-electron chi connectivity index (χ3n) is 1.83. The molecule has 0 spiro atoms. The van der Waals surface area contributed by atoms with Crippen molar-refractivity contribution in [3.8, 4) is 0 Å². The summed E-state index contributed by atoms with van der Waals surface area (Å²) < 4.78 is 0. The number of rotatable bonds is 6. The molecule has 2 nitrogen and oxygen atoms in total. The number of hydrogen-bond donors (Lipinski definition) is 2. The molecule has 0 fully saturated rings. The van der Waals surface area contributed by atoms with Crippen molar-refractivity contribution in [2.45, 2.75) is 65.6 Å². The summed E-state index contributed by atoms with van der Waals surface area (Å²) in [5.74, 6) is 0. The fourth-order valence-electron chi connectivity index (χ4n) is 1.36. The van der Waals surface area contributed by atoms with Crippen LogP contribution in [0, 0.1) is 0 Å². The first kappa shape index (κ1) is 12.9. The van der Waals surface area contributed by atoms with Crippen LogP contribution in [0.25, 0.3) is 0 Å². The minimum atomic E-state index is 0.209. The molecule has 0 aromatic heterocycles. The van der Waals surface area contributed by atoms with E-state index in [1.807, 2.05) is 0 Å². The average Bonchev–Trinajstić information content (AvgIpc) is 1.98. The van der Waals surface area contributed by atoms with Gasteiger partial charge in [-0.15, -0.1) is 0 Å². The first-order chi connectivity index (χ1) is 5.99. The third-order valence-corrected chi connectivity index (χ3v) is 1.83. The lowest BCUT2D eigenvalue weighted by Gasteiger charge is -2.29. The van der Waals surface area contributed by atoms with Crippen molar-refractivity contribution in [1.82, 2.24) is 10.6 Å². The van der Waals surface area contributed by atoms with Crippen molar-refractivity contribution in [3.63, 3.8) is 0 Å². The largest absolute Gasteiger partial charge is 0.302 e. The van der Waals surface area contributed by atoms with E-state index in [4.69, 9.17) is 0 Å². The molecule has 0 rings (SSSR count). The summed E-state index contributed by atoms with van der Waals surface area (Å²) in [5, 5.41) is 7.10. The van der Waals surface area contributed by atoms with E-state index in [0.717, 1.165) is 6.54 Å². The molecule has 0 bridgehead atoms. The van der Waals surface area contributed by atoms with Crippen LogP contribution in [0.5, 0.6) is 0 Å². The Morgan fingerprint density at radius 3 is 2.08 bits per heavy atom. The van der Waals surface area contributed by atoms with Crippen LogP contribution in [0.2, 0.25) is 0 Å². The average molecular weight is 186 g/mol. The van der Waals surface area contributed by atoms with Crippen LogP contribution in [-0.2, 0) is 0 Å². The van der Waals surface area contributed by atoms with Crippen molar-refractivity contribution in [2.75, 3.05) is 6.54 Å². The second-order valence-corrected chi connectivity index (χ2v) is 4.69. The molecule has 0 aliphatic rings. The first-order valence-electron chi connectivity index (χ1n) is 5.50. The zero-order valence-corrected chi connectivity index (χ0v) is 9.91. The van der Waals surface area contributed by atoms with E-state index in [9.17, 15) is 0 Å². The van der Waals surface area contributed by atoms with Crippen molar-refractivity contribution in [3.05, 3.63) is 0 Å². The Morgan fingerprint density at radius 2 is 1.69 bits per heavy atom. The summed E-state index contributed by atoms with van der Waals surface area (Å²) in [6.07, 6.45) is 4.11. The molecule has 2 heteroatoms. The zero-order valence-electron chi connectivity index (χ0n) is 9.91. The van der Waals surface area contributed by atoms with Crippen LogP contribution in [0.4, 0.5) is 0 Å². The van der Waals surface area contributed by atoms with E-state index in [-0.39, 0.29) is 5.54 Å². The zero-order chi connectivity index (χ0) is 10.3. The molecule has 13 heavy (non-hydrogen) atoms. The van der Waals surface area contributed by atoms with Gasteiger partial charge in [-0.25, -0.2) is 0 Å². The maximum absolute atomic E-state index is 3.58. The molecular formula is C11H26N2. The summed E-state index contributed by atoms with van der Waals surface area (Å²) in [5.41, 5.74) is 0.209. The van der Waals surface area contributed by atoms with Crippen LogP contribution < -0.4 is 10.6 Å². The minimum Gasteiger partial charge on any atom is -0.302 e. The van der Waals surface area contributed by atoms with Gasteiger partial charge in [0.2, 0.25) is 0 Å². The Balaban J connectivity index is 3.79. The molecule has 0 aliphatic heterocycles. The highest BCUT2D eigenvalue weighted by atomic mass is 15.1. The second-order valence-electron chi connectivity index (χ2n) is 4.69. The molecule has 1 unspecified atom stereocenters. The maximum Gasteiger partial charge on any atom is 0.0575 e. The Kier molecular flexibility index (Phi) is 6.35. The van der Waals surface area contributed by atoms with Gasteiger partial charge in [0.05, 0.1) is 6.17 Å². The highest BCUT2D eigenvalue weighted by molar-refractivity contribution is 4.76. The highest BCUT2D eigenvalue weighted by Crippen LogP contribution is 2.03. The van der Waals surface area contributed by atoms with E-state index >= 15 is 0 Å². The molecule has 0 heterocycles. The molecule has 80 valence electrons. The second kappa shape index (κ2) is 6.39. The normalized spacial score (nSPS) is 14.5. The molecule has 1 atom stereocenters. The summed E-state index contributed by atoms with van der Waals surface area (Å²) in [7, 11) is 0. The van der Waals surface area contributed by atoms with Gasteiger partial charge in [0.15, 0.2) is 0 Å². The predicted octanol–water partition coefficient (Wildman–Crippen LogP) is 2.50. The standard InChI is InChI=1S/C11H26N2/c1-6-8-10(12-9-7-2)13-11(3,4)5/h10,12-13H,6-9H2,1-5H3. The van der Waals surface area contributed by atoms with E-state index in [0.29, 0.717) is 6.17 Å². The molecule has 2 N–H and O–H groups in total. The molecule has 0 radical (unpaired) electrons. The van der Waals surface area contributed by atoms with Crippen molar-refractivity contribution < 1.29 is 0 Å². The minimum absolute atomic E-state index is 0.209. The third kappa shape index (κ3) is 8.26. The summed E-state index contributed by atoms with van der Waals surface area (Å²) in [6.45, 7) is 12.2. The van der Waals surface area contributed by atoms with Gasteiger partial charge in [0, 0.05) is 5.54 Å². The quantitative estimate of drug-likeness (QED) is 0.623. The van der Waals surface area contributed by atoms with Crippen LogP contribution in [0.3, 0.4) is 0 Å². The molecule has 0 aromatic rings. The van der Waals surface area contributed by atoms with Gasteiger partial charge in [-0.2, -0.15) is 0 Å². The molecule has 0 aliphatic carbocycles. The van der Waals surface area contributed by atoms with Crippen molar-refractivity contribution >= 4 is 0 Å². The lowest BCUT2D eigenvalue weighted by atomic mass is 10.1. The summed E-state index contributed by atoms with van der Waals surface area (Å²) in [4.78, 5) is 0. The molecular weight excluding hydrogens is 160 g/mol. The van der Waals surface area contributed by atoms with Gasteiger partial charge < -0.3 is 5.32 Å². The molecule has 0 saturated carbocycles. The van der Waals surface area contributed by atoms with Crippen LogP contribution in [0.15, 0.2) is 0 Å². The Labute approximate surface area is 83.5 Å². The Morgan fingerprint density at radius 1 is 1.08 bits per heavy atom. The van der Waals surface area contributed by atoms with Crippen LogP contribution in [0.1, 0.15) is 53.9 Å². The van der Waals surface area contributed by atoms with E-state index < -0.39 is 0 Å². The number of nitrogens with one attached hydrogen (secondary N) is 2. The fraction of sp³-hybridized carbons (Fsp3) is 1.00. The van der Waals surface area contributed by atoms with E-state index in [1.54, 1.807) is 0 Å². The van der Waals surface area contributed by atoms with Gasteiger partial charge in [0.1, 0.15) is 0 Å². The van der Waals surface area contributed by atoms with Gasteiger partial charge >= 0.3 is 0 Å². The van der Waals surface area contributed by atoms with Gasteiger partial charge in [0.25, 0.3) is 0 Å². The summed E-state index contributed by atoms with van der Waals surface area (Å²) in [6, 6.07) is 0. The lowest BCUT2D eigenvalue weighted by Crippen LogP contribution is -2.51. The molecule has 0 saturated heterocycles. The monoisotopic (exact) mass is 186 g/mol. The van der Waals surface area contributed by atoms with Gasteiger partial charge in [-0.3, -0.25) is 5.32 Å². The summed E-state index contributed by atoms with van der Waals surface area (Å²) >= 11 is 0. The first-order valence-corrected chi connectivity index (χ1v) is 5.50. The Hall–Kier alpha value is -0.0800. The smallest absolute Gasteiger partial charge is 0.0575 e. The van der Waals surface area contributed by atoms with Crippen molar-refractivity contribution in [2.24, 2.45) is 0 Å². The molecule has 0 amide bonds. The SMILES string of the molecule is CCCNC(CCC)NC(C)(C)C.